The Hall–Kier alpha value is -3.29. The average Bonchev–Trinajstić information content (AvgIpc) is 2.77. The molecule has 3 rings (SSSR count). The van der Waals surface area contributed by atoms with Crippen LogP contribution in [0.4, 0.5) is 36.3 Å². The third-order valence-corrected chi connectivity index (χ3v) is 4.87. The number of anilines is 4. The summed E-state index contributed by atoms with van der Waals surface area (Å²) in [5.41, 5.74) is 1.59. The van der Waals surface area contributed by atoms with E-state index in [1.807, 2.05) is 24.3 Å². The molecule has 0 unspecified atom stereocenters. The van der Waals surface area contributed by atoms with Crippen LogP contribution in [-0.4, -0.2) is 31.2 Å². The minimum absolute atomic E-state index is 0.169. The molecule has 0 saturated carbocycles. The maximum atomic E-state index is 13.6. The molecule has 5 nitrogen and oxygen atoms in total. The van der Waals surface area contributed by atoms with Crippen LogP contribution in [0.25, 0.3) is 0 Å². The van der Waals surface area contributed by atoms with Gasteiger partial charge in [-0.2, -0.15) is 18.2 Å². The van der Waals surface area contributed by atoms with E-state index in [9.17, 15) is 13.2 Å². The number of benzene rings is 2. The molecule has 0 aliphatic heterocycles. The summed E-state index contributed by atoms with van der Waals surface area (Å²) in [5.74, 6) is 0.555. The van der Waals surface area contributed by atoms with Gasteiger partial charge in [0.25, 0.3) is 0 Å². The van der Waals surface area contributed by atoms with Crippen molar-refractivity contribution in [2.75, 3.05) is 31.0 Å². The molecule has 0 fully saturated rings. The molecule has 0 spiro atoms. The van der Waals surface area contributed by atoms with Gasteiger partial charge in [0.1, 0.15) is 11.3 Å². The lowest BCUT2D eigenvalue weighted by Gasteiger charge is -2.25. The van der Waals surface area contributed by atoms with Gasteiger partial charge in [0.2, 0.25) is 5.95 Å². The summed E-state index contributed by atoms with van der Waals surface area (Å²) in [6.07, 6.45) is -2.86. The van der Waals surface area contributed by atoms with Gasteiger partial charge in [-0.3, -0.25) is 0 Å². The minimum Gasteiger partial charge on any atom is -0.497 e. The highest BCUT2D eigenvalue weighted by molar-refractivity contribution is 5.66. The van der Waals surface area contributed by atoms with E-state index < -0.39 is 11.7 Å². The van der Waals surface area contributed by atoms with Gasteiger partial charge in [-0.15, -0.1) is 0 Å². The lowest BCUT2D eigenvalue weighted by Crippen LogP contribution is -2.21. The van der Waals surface area contributed by atoms with Crippen molar-refractivity contribution in [2.24, 2.45) is 0 Å². The SMILES string of the molecule is CCc1ccc(N(C)c2ncc(C(F)(F)F)c(N(C)c3ccc(OC)cc3)n2)cc1. The van der Waals surface area contributed by atoms with E-state index in [-0.39, 0.29) is 11.8 Å². The Bertz CT molecular complexity index is 989. The van der Waals surface area contributed by atoms with Crippen LogP contribution in [0.5, 0.6) is 5.75 Å². The highest BCUT2D eigenvalue weighted by Crippen LogP contribution is 2.38. The third-order valence-electron chi connectivity index (χ3n) is 4.87. The zero-order chi connectivity index (χ0) is 21.9. The van der Waals surface area contributed by atoms with Gasteiger partial charge < -0.3 is 14.5 Å². The second-order valence-electron chi connectivity index (χ2n) is 6.74. The number of rotatable bonds is 6. The van der Waals surface area contributed by atoms with E-state index in [0.29, 0.717) is 11.4 Å². The maximum Gasteiger partial charge on any atom is 0.421 e. The number of nitrogens with zero attached hydrogens (tertiary/aromatic N) is 4. The Morgan fingerprint density at radius 2 is 1.47 bits per heavy atom. The van der Waals surface area contributed by atoms with Crippen molar-refractivity contribution in [3.05, 3.63) is 65.9 Å². The first-order chi connectivity index (χ1) is 14.2. The number of ether oxygens (including phenoxy) is 1. The van der Waals surface area contributed by atoms with Crippen molar-refractivity contribution in [1.82, 2.24) is 9.97 Å². The second kappa shape index (κ2) is 8.61. The Morgan fingerprint density at radius 1 is 0.900 bits per heavy atom. The Balaban J connectivity index is 2.02. The molecule has 30 heavy (non-hydrogen) atoms. The molecule has 0 radical (unpaired) electrons. The van der Waals surface area contributed by atoms with Gasteiger partial charge in [-0.05, 0) is 48.4 Å². The molecule has 0 saturated heterocycles. The number of aromatic nitrogens is 2. The van der Waals surface area contributed by atoms with Crippen molar-refractivity contribution in [1.29, 1.82) is 0 Å². The van der Waals surface area contributed by atoms with Gasteiger partial charge in [0.15, 0.2) is 5.82 Å². The average molecular weight is 416 g/mol. The van der Waals surface area contributed by atoms with Gasteiger partial charge in [-0.25, -0.2) is 4.98 Å². The summed E-state index contributed by atoms with van der Waals surface area (Å²) < 4.78 is 46.0. The number of hydrogen-bond acceptors (Lipinski definition) is 5. The number of hydrogen-bond donors (Lipinski definition) is 0. The fourth-order valence-corrected chi connectivity index (χ4v) is 2.98. The highest BCUT2D eigenvalue weighted by atomic mass is 19.4. The number of halogens is 3. The molecular formula is C22H23F3N4O. The predicted octanol–water partition coefficient (Wildman–Crippen LogP) is 5.60. The van der Waals surface area contributed by atoms with Crippen molar-refractivity contribution in [3.63, 3.8) is 0 Å². The first-order valence-corrected chi connectivity index (χ1v) is 9.39. The Labute approximate surface area is 173 Å². The van der Waals surface area contributed by atoms with Gasteiger partial charge in [-0.1, -0.05) is 19.1 Å². The van der Waals surface area contributed by atoms with Crippen LogP contribution in [0, 0.1) is 0 Å². The lowest BCUT2D eigenvalue weighted by atomic mass is 10.1. The fourth-order valence-electron chi connectivity index (χ4n) is 2.98. The molecular weight excluding hydrogens is 393 g/mol. The Morgan fingerprint density at radius 3 is 2.00 bits per heavy atom. The normalized spacial score (nSPS) is 11.3. The molecule has 2 aromatic carbocycles. The molecule has 158 valence electrons. The third kappa shape index (κ3) is 4.48. The van der Waals surface area contributed by atoms with E-state index in [1.54, 1.807) is 43.3 Å². The number of alkyl halides is 3. The van der Waals surface area contributed by atoms with Crippen LogP contribution in [0.1, 0.15) is 18.1 Å². The number of aryl methyl sites for hydroxylation is 1. The fraction of sp³-hybridized carbons (Fsp3) is 0.273. The smallest absolute Gasteiger partial charge is 0.421 e. The lowest BCUT2D eigenvalue weighted by molar-refractivity contribution is -0.137. The standard InChI is InChI=1S/C22H23F3N4O/c1-5-15-6-8-17(9-7-15)29(3)21-26-14-19(22(23,24)25)20(27-21)28(2)16-10-12-18(30-4)13-11-16/h6-14H,5H2,1-4H3. The highest BCUT2D eigenvalue weighted by Gasteiger charge is 2.37. The maximum absolute atomic E-state index is 13.6. The first kappa shape index (κ1) is 21.4. The zero-order valence-corrected chi connectivity index (χ0v) is 17.2. The molecule has 1 heterocycles. The van der Waals surface area contributed by atoms with E-state index in [4.69, 9.17) is 4.74 Å². The Kier molecular flexibility index (Phi) is 6.14. The molecule has 0 bridgehead atoms. The van der Waals surface area contributed by atoms with E-state index >= 15 is 0 Å². The number of methoxy groups -OCH3 is 1. The summed E-state index contributed by atoms with van der Waals surface area (Å²) in [7, 11) is 4.79. The van der Waals surface area contributed by atoms with Crippen LogP contribution in [0.2, 0.25) is 0 Å². The topological polar surface area (TPSA) is 41.5 Å². The summed E-state index contributed by atoms with van der Waals surface area (Å²) in [6.45, 7) is 2.05. The van der Waals surface area contributed by atoms with E-state index in [2.05, 4.69) is 16.9 Å². The second-order valence-corrected chi connectivity index (χ2v) is 6.74. The minimum atomic E-state index is -4.59. The quantitative estimate of drug-likeness (QED) is 0.523. The van der Waals surface area contributed by atoms with Crippen molar-refractivity contribution < 1.29 is 17.9 Å². The zero-order valence-electron chi connectivity index (χ0n) is 17.2. The summed E-state index contributed by atoms with van der Waals surface area (Å²) in [6, 6.07) is 14.5. The van der Waals surface area contributed by atoms with Crippen molar-refractivity contribution >= 4 is 23.1 Å². The van der Waals surface area contributed by atoms with Crippen LogP contribution < -0.4 is 14.5 Å². The van der Waals surface area contributed by atoms with Crippen LogP contribution in [-0.2, 0) is 12.6 Å². The summed E-state index contributed by atoms with van der Waals surface area (Å²) in [4.78, 5) is 11.3. The van der Waals surface area contributed by atoms with Crippen LogP contribution in [0.3, 0.4) is 0 Å². The molecule has 0 amide bonds. The molecule has 0 aliphatic rings. The summed E-state index contributed by atoms with van der Waals surface area (Å²) in [5, 5.41) is 0. The molecule has 8 heteroatoms. The van der Waals surface area contributed by atoms with Crippen LogP contribution in [0.15, 0.2) is 54.7 Å². The van der Waals surface area contributed by atoms with E-state index in [1.165, 1.54) is 17.6 Å². The van der Waals surface area contributed by atoms with Crippen LogP contribution >= 0.6 is 0 Å². The molecule has 0 atom stereocenters. The predicted molar refractivity (Wildman–Crippen MR) is 112 cm³/mol. The summed E-state index contributed by atoms with van der Waals surface area (Å²) >= 11 is 0. The molecule has 0 aliphatic carbocycles. The first-order valence-electron chi connectivity index (χ1n) is 9.39. The molecule has 1 aromatic heterocycles. The largest absolute Gasteiger partial charge is 0.497 e. The van der Waals surface area contributed by atoms with Gasteiger partial charge >= 0.3 is 6.18 Å². The van der Waals surface area contributed by atoms with Crippen molar-refractivity contribution in [2.45, 2.75) is 19.5 Å². The molecule has 0 N–H and O–H groups in total. The van der Waals surface area contributed by atoms with E-state index in [0.717, 1.165) is 18.3 Å². The molecule has 3 aromatic rings. The van der Waals surface area contributed by atoms with Gasteiger partial charge in [0.05, 0.1) is 7.11 Å². The van der Waals surface area contributed by atoms with Crippen molar-refractivity contribution in [3.8, 4) is 5.75 Å². The monoisotopic (exact) mass is 416 g/mol. The van der Waals surface area contributed by atoms with Gasteiger partial charge in [0, 0.05) is 31.7 Å².